The van der Waals surface area contributed by atoms with E-state index in [2.05, 4.69) is 5.32 Å². The van der Waals surface area contributed by atoms with Gasteiger partial charge in [0.15, 0.2) is 11.9 Å². The second kappa shape index (κ2) is 8.62. The molecule has 1 amide bonds. The SMILES string of the molecule is O=C(CNC(=O)c1ccco1)O[C@H](C(=O)c1ccccc1)c1ccccc1. The molecule has 2 aromatic carbocycles. The minimum atomic E-state index is -1.10. The number of esters is 1. The van der Waals surface area contributed by atoms with Crippen LogP contribution in [-0.2, 0) is 9.53 Å². The second-order valence-electron chi connectivity index (χ2n) is 5.67. The molecule has 1 heterocycles. The summed E-state index contributed by atoms with van der Waals surface area (Å²) in [6, 6.07) is 20.4. The van der Waals surface area contributed by atoms with Crippen LogP contribution in [0.25, 0.3) is 0 Å². The molecule has 0 saturated heterocycles. The number of hydrogen-bond acceptors (Lipinski definition) is 5. The largest absolute Gasteiger partial charge is 0.459 e. The predicted molar refractivity (Wildman–Crippen MR) is 97.1 cm³/mol. The van der Waals surface area contributed by atoms with Crippen LogP contribution < -0.4 is 5.32 Å². The van der Waals surface area contributed by atoms with Crippen molar-refractivity contribution in [2.75, 3.05) is 6.54 Å². The van der Waals surface area contributed by atoms with E-state index in [1.165, 1.54) is 12.3 Å². The molecule has 0 aliphatic rings. The number of benzene rings is 2. The van der Waals surface area contributed by atoms with Crippen molar-refractivity contribution in [1.82, 2.24) is 5.32 Å². The van der Waals surface area contributed by atoms with Crippen molar-refractivity contribution in [2.45, 2.75) is 6.10 Å². The number of furan rings is 1. The number of rotatable bonds is 7. The van der Waals surface area contributed by atoms with Crippen LogP contribution in [0.2, 0.25) is 0 Å². The van der Waals surface area contributed by atoms with E-state index in [0.717, 1.165) is 0 Å². The summed E-state index contributed by atoms with van der Waals surface area (Å²) >= 11 is 0. The molecule has 27 heavy (non-hydrogen) atoms. The van der Waals surface area contributed by atoms with Gasteiger partial charge in [-0.1, -0.05) is 60.7 Å². The molecule has 0 saturated carbocycles. The highest BCUT2D eigenvalue weighted by molar-refractivity contribution is 6.01. The normalized spacial score (nSPS) is 11.4. The molecule has 6 heteroatoms. The number of carbonyl (C=O) groups excluding carboxylic acids is 3. The van der Waals surface area contributed by atoms with E-state index in [0.29, 0.717) is 11.1 Å². The Morgan fingerprint density at radius 1 is 0.889 bits per heavy atom. The number of ketones is 1. The van der Waals surface area contributed by atoms with Gasteiger partial charge in [-0.25, -0.2) is 0 Å². The van der Waals surface area contributed by atoms with Crippen LogP contribution in [0, 0.1) is 0 Å². The fraction of sp³-hybridized carbons (Fsp3) is 0.0952. The van der Waals surface area contributed by atoms with E-state index in [1.807, 2.05) is 0 Å². The van der Waals surface area contributed by atoms with Crippen LogP contribution in [0.15, 0.2) is 83.5 Å². The summed E-state index contributed by atoms with van der Waals surface area (Å²) in [5, 5.41) is 2.40. The Morgan fingerprint density at radius 3 is 2.19 bits per heavy atom. The predicted octanol–water partition coefficient (Wildman–Crippen LogP) is 3.18. The number of ether oxygens (including phenoxy) is 1. The fourth-order valence-corrected chi connectivity index (χ4v) is 2.47. The molecular weight excluding hydrogens is 346 g/mol. The fourth-order valence-electron chi connectivity index (χ4n) is 2.47. The number of nitrogens with one attached hydrogen (secondary N) is 1. The van der Waals surface area contributed by atoms with Gasteiger partial charge in [0.25, 0.3) is 5.91 Å². The van der Waals surface area contributed by atoms with Crippen molar-refractivity contribution in [1.29, 1.82) is 0 Å². The molecule has 0 spiro atoms. The van der Waals surface area contributed by atoms with Crippen LogP contribution in [0.3, 0.4) is 0 Å². The van der Waals surface area contributed by atoms with Gasteiger partial charge in [-0.05, 0) is 12.1 Å². The van der Waals surface area contributed by atoms with Gasteiger partial charge in [-0.3, -0.25) is 14.4 Å². The molecule has 0 fully saturated rings. The average molecular weight is 363 g/mol. The summed E-state index contributed by atoms with van der Waals surface area (Å²) in [6.07, 6.45) is 0.263. The highest BCUT2D eigenvalue weighted by Crippen LogP contribution is 2.22. The Hall–Kier alpha value is -3.67. The van der Waals surface area contributed by atoms with E-state index in [1.54, 1.807) is 66.7 Å². The van der Waals surface area contributed by atoms with Crippen molar-refractivity contribution in [3.05, 3.63) is 95.9 Å². The maximum absolute atomic E-state index is 12.8. The quantitative estimate of drug-likeness (QED) is 0.515. The molecule has 0 aliphatic heterocycles. The second-order valence-corrected chi connectivity index (χ2v) is 5.67. The minimum absolute atomic E-state index is 0.0859. The number of Topliss-reactive ketones (excluding diaryl/α,β-unsaturated/α-hetero) is 1. The third-order valence-electron chi connectivity index (χ3n) is 3.79. The number of carbonyl (C=O) groups is 3. The Morgan fingerprint density at radius 2 is 1.56 bits per heavy atom. The Labute approximate surface area is 155 Å². The molecule has 3 rings (SSSR count). The molecule has 1 N–H and O–H groups in total. The molecule has 6 nitrogen and oxygen atoms in total. The van der Waals surface area contributed by atoms with Gasteiger partial charge in [-0.15, -0.1) is 0 Å². The van der Waals surface area contributed by atoms with Crippen molar-refractivity contribution in [3.63, 3.8) is 0 Å². The summed E-state index contributed by atoms with van der Waals surface area (Å²) in [5.41, 5.74) is 0.982. The van der Waals surface area contributed by atoms with Crippen LogP contribution in [-0.4, -0.2) is 24.2 Å². The smallest absolute Gasteiger partial charge is 0.326 e. The van der Waals surface area contributed by atoms with Gasteiger partial charge in [0.1, 0.15) is 6.54 Å². The Balaban J connectivity index is 1.70. The first-order valence-corrected chi connectivity index (χ1v) is 8.30. The van der Waals surface area contributed by atoms with Gasteiger partial charge in [0.05, 0.1) is 6.26 Å². The standard InChI is InChI=1S/C21H17NO5/c23-18(14-22-21(25)17-12-7-13-26-17)27-20(16-10-5-2-6-11-16)19(24)15-8-3-1-4-9-15/h1-13,20H,14H2,(H,22,25)/t20-/m0/s1. The number of hydrogen-bond donors (Lipinski definition) is 1. The minimum Gasteiger partial charge on any atom is -0.459 e. The lowest BCUT2D eigenvalue weighted by Crippen LogP contribution is -2.32. The molecule has 0 radical (unpaired) electrons. The molecule has 0 unspecified atom stereocenters. The summed E-state index contributed by atoms with van der Waals surface area (Å²) in [5.74, 6) is -1.52. The van der Waals surface area contributed by atoms with Crippen LogP contribution in [0.5, 0.6) is 0 Å². The third kappa shape index (κ3) is 4.70. The van der Waals surface area contributed by atoms with E-state index in [-0.39, 0.29) is 18.1 Å². The molecule has 0 aliphatic carbocycles. The van der Waals surface area contributed by atoms with Gasteiger partial charge in [0.2, 0.25) is 5.78 Å². The zero-order valence-corrected chi connectivity index (χ0v) is 14.3. The lowest BCUT2D eigenvalue weighted by Gasteiger charge is -2.17. The first-order valence-electron chi connectivity index (χ1n) is 8.30. The molecular formula is C21H17NO5. The van der Waals surface area contributed by atoms with Gasteiger partial charge in [-0.2, -0.15) is 0 Å². The van der Waals surface area contributed by atoms with Crippen molar-refractivity contribution < 1.29 is 23.5 Å². The maximum atomic E-state index is 12.8. The highest BCUT2D eigenvalue weighted by atomic mass is 16.5. The van der Waals surface area contributed by atoms with Gasteiger partial charge >= 0.3 is 5.97 Å². The summed E-state index contributed by atoms with van der Waals surface area (Å²) < 4.78 is 10.3. The van der Waals surface area contributed by atoms with Crippen LogP contribution >= 0.6 is 0 Å². The lowest BCUT2D eigenvalue weighted by atomic mass is 10.00. The molecule has 3 aromatic rings. The Bertz CT molecular complexity index is 904. The van der Waals surface area contributed by atoms with E-state index in [9.17, 15) is 14.4 Å². The first-order chi connectivity index (χ1) is 13.1. The average Bonchev–Trinajstić information content (AvgIpc) is 3.26. The van der Waals surface area contributed by atoms with E-state index < -0.39 is 18.0 Å². The molecule has 136 valence electrons. The molecule has 1 aromatic heterocycles. The van der Waals surface area contributed by atoms with Crippen molar-refractivity contribution in [2.24, 2.45) is 0 Å². The van der Waals surface area contributed by atoms with Crippen LogP contribution in [0.1, 0.15) is 32.6 Å². The zero-order valence-electron chi connectivity index (χ0n) is 14.3. The van der Waals surface area contributed by atoms with Gasteiger partial charge in [0, 0.05) is 11.1 Å². The maximum Gasteiger partial charge on any atom is 0.326 e. The third-order valence-corrected chi connectivity index (χ3v) is 3.79. The first kappa shape index (κ1) is 18.1. The number of amides is 1. The molecule has 1 atom stereocenters. The topological polar surface area (TPSA) is 85.6 Å². The highest BCUT2D eigenvalue weighted by Gasteiger charge is 2.26. The monoisotopic (exact) mass is 363 g/mol. The molecule has 0 bridgehead atoms. The van der Waals surface area contributed by atoms with Crippen molar-refractivity contribution in [3.8, 4) is 0 Å². The summed E-state index contributed by atoms with van der Waals surface area (Å²) in [7, 11) is 0. The summed E-state index contributed by atoms with van der Waals surface area (Å²) in [4.78, 5) is 36.9. The van der Waals surface area contributed by atoms with E-state index in [4.69, 9.17) is 9.15 Å². The van der Waals surface area contributed by atoms with E-state index >= 15 is 0 Å². The zero-order chi connectivity index (χ0) is 19.1. The summed E-state index contributed by atoms with van der Waals surface area (Å²) in [6.45, 7) is -0.384. The van der Waals surface area contributed by atoms with Crippen LogP contribution in [0.4, 0.5) is 0 Å². The lowest BCUT2D eigenvalue weighted by molar-refractivity contribution is -0.146. The Kier molecular flexibility index (Phi) is 5.79. The van der Waals surface area contributed by atoms with Crippen molar-refractivity contribution >= 4 is 17.7 Å². The van der Waals surface area contributed by atoms with Gasteiger partial charge < -0.3 is 14.5 Å².